The molecule has 1 heterocycles. The van der Waals surface area contributed by atoms with E-state index < -0.39 is 0 Å². The molecular formula is C22H16Br2N2O. The first-order chi connectivity index (χ1) is 12.7. The molecule has 0 saturated heterocycles. The summed E-state index contributed by atoms with van der Waals surface area (Å²) in [6, 6.07) is 23.7. The molecule has 3 nitrogen and oxygen atoms in total. The number of carbonyl (C=O) groups excluding carboxylic acids is 1. The highest BCUT2D eigenvalue weighted by atomic mass is 79.9. The van der Waals surface area contributed by atoms with E-state index in [2.05, 4.69) is 20.9 Å². The van der Waals surface area contributed by atoms with Crippen LogP contribution in [0.1, 0.15) is 10.4 Å². The quantitative estimate of drug-likeness (QED) is 0.328. The van der Waals surface area contributed by atoms with Crippen LogP contribution in [0.25, 0.3) is 22.0 Å². The van der Waals surface area contributed by atoms with Crippen molar-refractivity contribution in [3.63, 3.8) is 0 Å². The van der Waals surface area contributed by atoms with Crippen molar-refractivity contribution < 1.29 is 26.3 Å². The number of carbonyl (C=O) groups is 1. The first-order valence-electron chi connectivity index (χ1n) is 8.33. The lowest BCUT2D eigenvalue weighted by atomic mass is 10.0. The third-order valence-corrected chi connectivity index (χ3v) is 4.85. The van der Waals surface area contributed by atoms with Crippen LogP contribution in [-0.2, 0) is 6.54 Å². The Morgan fingerprint density at radius 1 is 0.926 bits per heavy atom. The molecule has 0 aliphatic rings. The number of hydrogen-bond acceptors (Lipinski definition) is 2. The fourth-order valence-electron chi connectivity index (χ4n) is 2.99. The van der Waals surface area contributed by atoms with Crippen molar-refractivity contribution in [2.45, 2.75) is 6.54 Å². The van der Waals surface area contributed by atoms with Gasteiger partial charge in [0.25, 0.3) is 6.33 Å². The average Bonchev–Trinajstić information content (AvgIpc) is 2.69. The van der Waals surface area contributed by atoms with Crippen molar-refractivity contribution in [1.29, 1.82) is 0 Å². The van der Waals surface area contributed by atoms with Gasteiger partial charge in [0, 0.05) is 21.7 Å². The van der Waals surface area contributed by atoms with E-state index >= 15 is 0 Å². The number of ketones is 1. The van der Waals surface area contributed by atoms with Crippen molar-refractivity contribution in [2.24, 2.45) is 0 Å². The average molecular weight is 484 g/mol. The van der Waals surface area contributed by atoms with E-state index in [0.717, 1.165) is 32.1 Å². The number of nitrogens with zero attached hydrogens (tertiary/aromatic N) is 2. The van der Waals surface area contributed by atoms with Crippen molar-refractivity contribution in [1.82, 2.24) is 4.98 Å². The summed E-state index contributed by atoms with van der Waals surface area (Å²) in [7, 11) is 0. The smallest absolute Gasteiger partial charge is 0.287 e. The molecule has 0 amide bonds. The van der Waals surface area contributed by atoms with Gasteiger partial charge in [0.2, 0.25) is 5.78 Å². The molecule has 134 valence electrons. The van der Waals surface area contributed by atoms with Crippen molar-refractivity contribution >= 4 is 32.5 Å². The second-order valence-corrected chi connectivity index (χ2v) is 6.99. The van der Waals surface area contributed by atoms with Gasteiger partial charge in [0.1, 0.15) is 0 Å². The molecule has 0 bridgehead atoms. The topological polar surface area (TPSA) is 33.8 Å². The van der Waals surface area contributed by atoms with Gasteiger partial charge in [-0.05, 0) is 40.0 Å². The third kappa shape index (κ3) is 4.31. The van der Waals surface area contributed by atoms with Crippen LogP contribution in [0.2, 0.25) is 0 Å². The maximum absolute atomic E-state index is 12.8. The highest BCUT2D eigenvalue weighted by Gasteiger charge is 2.14. The van der Waals surface area contributed by atoms with Gasteiger partial charge < -0.3 is 17.0 Å². The summed E-state index contributed by atoms with van der Waals surface area (Å²) in [6.45, 7) is 0.266. The van der Waals surface area contributed by atoms with Gasteiger partial charge >= 0.3 is 0 Å². The lowest BCUT2D eigenvalue weighted by molar-refractivity contribution is -0.686. The molecule has 4 rings (SSSR count). The highest BCUT2D eigenvalue weighted by molar-refractivity contribution is 9.10. The molecule has 0 spiro atoms. The van der Waals surface area contributed by atoms with Gasteiger partial charge in [-0.15, -0.1) is 0 Å². The van der Waals surface area contributed by atoms with Crippen molar-refractivity contribution in [3.8, 4) is 11.3 Å². The van der Waals surface area contributed by atoms with E-state index in [1.54, 1.807) is 6.33 Å². The zero-order valence-corrected chi connectivity index (χ0v) is 17.5. The first kappa shape index (κ1) is 19.4. The minimum atomic E-state index is 0. The monoisotopic (exact) mass is 482 g/mol. The van der Waals surface area contributed by atoms with E-state index in [4.69, 9.17) is 0 Å². The van der Waals surface area contributed by atoms with Crippen LogP contribution in [-0.4, -0.2) is 10.8 Å². The molecule has 5 heteroatoms. The molecule has 27 heavy (non-hydrogen) atoms. The van der Waals surface area contributed by atoms with E-state index in [1.165, 1.54) is 0 Å². The van der Waals surface area contributed by atoms with Crippen LogP contribution < -0.4 is 21.5 Å². The number of aromatic nitrogens is 2. The standard InChI is InChI=1S/C22H16BrN2O.BrH/c23-18-10-8-17(9-11-18)21-12-13-25(15-24-21)14-22(26)20-7-3-5-16-4-1-2-6-19(16)20;/h1-13,15H,14H2;1H/q+1;/p-1. The summed E-state index contributed by atoms with van der Waals surface area (Å²) in [4.78, 5) is 17.2. The van der Waals surface area contributed by atoms with Crippen LogP contribution in [0.15, 0.2) is 89.8 Å². The Labute approximate surface area is 176 Å². The molecule has 0 saturated carbocycles. The highest BCUT2D eigenvalue weighted by Crippen LogP contribution is 2.20. The van der Waals surface area contributed by atoms with Crippen LogP contribution in [0.5, 0.6) is 0 Å². The minimum absolute atomic E-state index is 0. The summed E-state index contributed by atoms with van der Waals surface area (Å²) >= 11 is 3.43. The number of rotatable bonds is 4. The van der Waals surface area contributed by atoms with Gasteiger partial charge in [-0.1, -0.05) is 58.4 Å². The summed E-state index contributed by atoms with van der Waals surface area (Å²) in [6.07, 6.45) is 3.60. The Kier molecular flexibility index (Phi) is 6.14. The predicted octanol–water partition coefficient (Wildman–Crippen LogP) is 1.84. The largest absolute Gasteiger partial charge is 1.00 e. The van der Waals surface area contributed by atoms with Crippen LogP contribution in [0, 0.1) is 0 Å². The second-order valence-electron chi connectivity index (χ2n) is 6.07. The third-order valence-electron chi connectivity index (χ3n) is 4.33. The van der Waals surface area contributed by atoms with Gasteiger partial charge in [0.05, 0.1) is 6.20 Å². The van der Waals surface area contributed by atoms with E-state index in [-0.39, 0.29) is 29.3 Å². The van der Waals surface area contributed by atoms with Crippen LogP contribution >= 0.6 is 15.9 Å². The molecule has 0 aliphatic heterocycles. The Morgan fingerprint density at radius 2 is 1.67 bits per heavy atom. The Morgan fingerprint density at radius 3 is 2.41 bits per heavy atom. The van der Waals surface area contributed by atoms with Gasteiger partial charge in [-0.2, -0.15) is 0 Å². The maximum Gasteiger partial charge on any atom is 0.287 e. The predicted molar refractivity (Wildman–Crippen MR) is 106 cm³/mol. The molecule has 4 aromatic rings. The zero-order chi connectivity index (χ0) is 17.9. The molecule has 3 aromatic carbocycles. The SMILES string of the molecule is O=C(C[n+]1ccc(-c2ccc(Br)cc2)nc1)c1cccc2ccccc12.[Br-]. The molecule has 0 unspecified atom stereocenters. The van der Waals surface area contributed by atoms with E-state index in [9.17, 15) is 4.79 Å². The maximum atomic E-state index is 12.8. The zero-order valence-electron chi connectivity index (χ0n) is 14.3. The fraction of sp³-hybridized carbons (Fsp3) is 0.0455. The minimum Gasteiger partial charge on any atom is -1.00 e. The lowest BCUT2D eigenvalue weighted by Crippen LogP contribution is -3.00. The molecular weight excluding hydrogens is 468 g/mol. The van der Waals surface area contributed by atoms with E-state index in [0.29, 0.717) is 0 Å². The molecule has 1 aromatic heterocycles. The number of halogens is 2. The summed E-state index contributed by atoms with van der Waals surface area (Å²) < 4.78 is 2.85. The van der Waals surface area contributed by atoms with Crippen molar-refractivity contribution in [2.75, 3.05) is 0 Å². The van der Waals surface area contributed by atoms with Gasteiger partial charge in [-0.25, -0.2) is 4.57 Å². The van der Waals surface area contributed by atoms with Crippen LogP contribution in [0.3, 0.4) is 0 Å². The fourth-order valence-corrected chi connectivity index (χ4v) is 3.25. The number of Topliss-reactive ketones (excluding diaryl/α,β-unsaturated/α-hetero) is 1. The molecule has 0 aliphatic carbocycles. The number of hydrogen-bond donors (Lipinski definition) is 0. The number of fused-ring (bicyclic) bond motifs is 1. The van der Waals surface area contributed by atoms with E-state index in [1.807, 2.05) is 83.6 Å². The Bertz CT molecular complexity index is 1070. The molecule has 0 fully saturated rings. The van der Waals surface area contributed by atoms with Gasteiger partial charge in [-0.3, -0.25) is 4.79 Å². The molecule has 0 radical (unpaired) electrons. The van der Waals surface area contributed by atoms with Crippen LogP contribution in [0.4, 0.5) is 0 Å². The summed E-state index contributed by atoms with van der Waals surface area (Å²) in [5.74, 6) is 0.0741. The summed E-state index contributed by atoms with van der Waals surface area (Å²) in [5.41, 5.74) is 2.67. The molecule has 0 atom stereocenters. The normalized spacial score (nSPS) is 10.4. The molecule has 0 N–H and O–H groups in total. The Balaban J connectivity index is 0.00000210. The Hall–Kier alpha value is -2.37. The van der Waals surface area contributed by atoms with Gasteiger partial charge in [0.15, 0.2) is 12.2 Å². The first-order valence-corrected chi connectivity index (χ1v) is 9.12. The lowest BCUT2D eigenvalue weighted by Gasteiger charge is -2.05. The summed E-state index contributed by atoms with van der Waals surface area (Å²) in [5, 5.41) is 2.06. The number of benzene rings is 3. The van der Waals surface area contributed by atoms with Crippen molar-refractivity contribution in [3.05, 3.63) is 95.4 Å². The second kappa shape index (κ2) is 8.55.